The van der Waals surface area contributed by atoms with Crippen LogP contribution >= 0.6 is 0 Å². The highest BCUT2D eigenvalue weighted by Gasteiger charge is 2.32. The average Bonchev–Trinajstić information content (AvgIpc) is 3.00. The molecule has 2 fully saturated rings. The smallest absolute Gasteiger partial charge is 0.326 e. The molecule has 122 valence electrons. The van der Waals surface area contributed by atoms with E-state index in [1.807, 2.05) is 6.07 Å². The number of aliphatic carboxylic acids is 1. The van der Waals surface area contributed by atoms with Crippen LogP contribution in [0.4, 0.5) is 5.69 Å². The standard InChI is InChI=1S/C17H20N2O4/c20-15-8-4-10-18(15)13-6-3-5-12(11-13)16(21)19-9-2-1-7-14(19)17(22)23/h3,5-6,11,14H,1-2,4,7-10H2,(H,22,23)/t14-/m1/s1. The van der Waals surface area contributed by atoms with Gasteiger partial charge in [0.2, 0.25) is 5.91 Å². The molecule has 0 spiro atoms. The summed E-state index contributed by atoms with van der Waals surface area (Å²) in [6, 6.07) is 6.17. The van der Waals surface area contributed by atoms with Gasteiger partial charge in [-0.15, -0.1) is 0 Å². The minimum atomic E-state index is -0.955. The average molecular weight is 316 g/mol. The van der Waals surface area contributed by atoms with Crippen LogP contribution in [0.2, 0.25) is 0 Å². The van der Waals surface area contributed by atoms with Gasteiger partial charge in [-0.05, 0) is 43.9 Å². The van der Waals surface area contributed by atoms with Gasteiger partial charge in [-0.2, -0.15) is 0 Å². The molecular formula is C17H20N2O4. The zero-order valence-electron chi connectivity index (χ0n) is 12.9. The van der Waals surface area contributed by atoms with Crippen molar-refractivity contribution in [2.45, 2.75) is 38.1 Å². The highest BCUT2D eigenvalue weighted by atomic mass is 16.4. The van der Waals surface area contributed by atoms with Crippen LogP contribution in [0.3, 0.4) is 0 Å². The Kier molecular flexibility index (Phi) is 4.32. The molecule has 2 heterocycles. The number of likely N-dealkylation sites (tertiary alicyclic amines) is 1. The van der Waals surface area contributed by atoms with Gasteiger partial charge in [-0.1, -0.05) is 6.07 Å². The maximum absolute atomic E-state index is 12.7. The molecule has 23 heavy (non-hydrogen) atoms. The Morgan fingerprint density at radius 2 is 1.96 bits per heavy atom. The number of rotatable bonds is 3. The van der Waals surface area contributed by atoms with E-state index in [0.717, 1.165) is 19.3 Å². The SMILES string of the molecule is O=C(O)[C@H]1CCCCN1C(=O)c1cccc(N2CCCC2=O)c1. The molecule has 0 aliphatic carbocycles. The lowest BCUT2D eigenvalue weighted by atomic mass is 10.0. The number of hydrogen-bond donors (Lipinski definition) is 1. The number of piperidine rings is 1. The Hall–Kier alpha value is -2.37. The van der Waals surface area contributed by atoms with Crippen molar-refractivity contribution < 1.29 is 19.5 Å². The zero-order valence-corrected chi connectivity index (χ0v) is 12.9. The number of carboxylic acids is 1. The molecular weight excluding hydrogens is 296 g/mol. The number of benzene rings is 1. The van der Waals surface area contributed by atoms with Crippen molar-refractivity contribution in [1.82, 2.24) is 4.90 Å². The number of anilines is 1. The van der Waals surface area contributed by atoms with Gasteiger partial charge in [0.1, 0.15) is 6.04 Å². The first kappa shape index (κ1) is 15.5. The Labute approximate surface area is 134 Å². The third-order valence-electron chi connectivity index (χ3n) is 4.53. The van der Waals surface area contributed by atoms with Gasteiger partial charge in [-0.25, -0.2) is 4.79 Å². The van der Waals surface area contributed by atoms with E-state index in [9.17, 15) is 19.5 Å². The predicted molar refractivity (Wildman–Crippen MR) is 84.3 cm³/mol. The Morgan fingerprint density at radius 3 is 2.65 bits per heavy atom. The molecule has 2 aliphatic heterocycles. The number of carbonyl (C=O) groups is 3. The van der Waals surface area contributed by atoms with Gasteiger partial charge >= 0.3 is 5.97 Å². The second-order valence-corrected chi connectivity index (χ2v) is 6.05. The largest absolute Gasteiger partial charge is 0.480 e. The molecule has 0 radical (unpaired) electrons. The Morgan fingerprint density at radius 1 is 1.13 bits per heavy atom. The second-order valence-electron chi connectivity index (χ2n) is 6.05. The summed E-state index contributed by atoms with van der Waals surface area (Å²) in [5, 5.41) is 9.32. The maximum Gasteiger partial charge on any atom is 0.326 e. The summed E-state index contributed by atoms with van der Waals surface area (Å²) < 4.78 is 0. The first-order valence-electron chi connectivity index (χ1n) is 8.02. The van der Waals surface area contributed by atoms with Gasteiger partial charge in [0.15, 0.2) is 0 Å². The van der Waals surface area contributed by atoms with Gasteiger partial charge in [0.05, 0.1) is 0 Å². The van der Waals surface area contributed by atoms with E-state index >= 15 is 0 Å². The molecule has 0 aromatic heterocycles. The van der Waals surface area contributed by atoms with Crippen LogP contribution in [0.15, 0.2) is 24.3 Å². The van der Waals surface area contributed by atoms with E-state index in [2.05, 4.69) is 0 Å². The van der Waals surface area contributed by atoms with Crippen molar-refractivity contribution in [3.63, 3.8) is 0 Å². The Balaban J connectivity index is 1.84. The van der Waals surface area contributed by atoms with E-state index in [0.29, 0.717) is 37.2 Å². The number of nitrogens with zero attached hydrogens (tertiary/aromatic N) is 2. The van der Waals surface area contributed by atoms with Gasteiger partial charge < -0.3 is 14.9 Å². The zero-order chi connectivity index (χ0) is 16.4. The minimum Gasteiger partial charge on any atom is -0.480 e. The molecule has 6 heteroatoms. The van der Waals surface area contributed by atoms with E-state index in [4.69, 9.17) is 0 Å². The number of hydrogen-bond acceptors (Lipinski definition) is 3. The quantitative estimate of drug-likeness (QED) is 0.924. The van der Waals surface area contributed by atoms with E-state index in [1.165, 1.54) is 4.90 Å². The minimum absolute atomic E-state index is 0.0657. The summed E-state index contributed by atoms with van der Waals surface area (Å²) in [6.07, 6.45) is 3.49. The van der Waals surface area contributed by atoms with Crippen LogP contribution in [0.1, 0.15) is 42.5 Å². The molecule has 2 saturated heterocycles. The Bertz CT molecular complexity index is 643. The molecule has 1 atom stereocenters. The lowest BCUT2D eigenvalue weighted by molar-refractivity contribution is -0.143. The molecule has 2 aliphatic rings. The summed E-state index contributed by atoms with van der Waals surface area (Å²) >= 11 is 0. The summed E-state index contributed by atoms with van der Waals surface area (Å²) in [7, 11) is 0. The van der Waals surface area contributed by atoms with Crippen LogP contribution in [-0.2, 0) is 9.59 Å². The highest BCUT2D eigenvalue weighted by Crippen LogP contribution is 2.25. The maximum atomic E-state index is 12.7. The molecule has 0 saturated carbocycles. The second kappa shape index (κ2) is 6.40. The number of amides is 2. The molecule has 6 nitrogen and oxygen atoms in total. The van der Waals surface area contributed by atoms with Crippen LogP contribution < -0.4 is 4.90 Å². The van der Waals surface area contributed by atoms with E-state index < -0.39 is 12.0 Å². The van der Waals surface area contributed by atoms with Crippen molar-refractivity contribution in [1.29, 1.82) is 0 Å². The first-order chi connectivity index (χ1) is 11.1. The molecule has 2 amide bonds. The van der Waals surface area contributed by atoms with Gasteiger partial charge in [-0.3, -0.25) is 9.59 Å². The van der Waals surface area contributed by atoms with Gasteiger partial charge in [0.25, 0.3) is 5.91 Å². The van der Waals surface area contributed by atoms with E-state index in [-0.39, 0.29) is 11.8 Å². The highest BCUT2D eigenvalue weighted by molar-refractivity contribution is 6.00. The lowest BCUT2D eigenvalue weighted by Gasteiger charge is -2.33. The predicted octanol–water partition coefficient (Wildman–Crippen LogP) is 1.89. The number of carboxylic acid groups (broad SMARTS) is 1. The van der Waals surface area contributed by atoms with Crippen LogP contribution in [-0.4, -0.2) is 46.9 Å². The third kappa shape index (κ3) is 3.06. The molecule has 0 unspecified atom stereocenters. The first-order valence-corrected chi connectivity index (χ1v) is 8.02. The molecule has 1 N–H and O–H groups in total. The summed E-state index contributed by atoms with van der Waals surface area (Å²) in [5.41, 5.74) is 1.15. The molecule has 3 rings (SSSR count). The van der Waals surface area contributed by atoms with Crippen molar-refractivity contribution >= 4 is 23.5 Å². The summed E-state index contributed by atoms with van der Waals surface area (Å²) in [4.78, 5) is 39.1. The normalized spacial score (nSPS) is 21.6. The van der Waals surface area contributed by atoms with Crippen molar-refractivity contribution in [2.75, 3.05) is 18.0 Å². The van der Waals surface area contributed by atoms with Crippen LogP contribution in [0, 0.1) is 0 Å². The summed E-state index contributed by atoms with van der Waals surface area (Å²) in [5.74, 6) is -1.16. The van der Waals surface area contributed by atoms with Crippen molar-refractivity contribution in [3.8, 4) is 0 Å². The van der Waals surface area contributed by atoms with Crippen LogP contribution in [0.25, 0.3) is 0 Å². The summed E-state index contributed by atoms with van der Waals surface area (Å²) in [6.45, 7) is 1.13. The fraction of sp³-hybridized carbons (Fsp3) is 0.471. The lowest BCUT2D eigenvalue weighted by Crippen LogP contribution is -2.48. The molecule has 0 bridgehead atoms. The van der Waals surface area contributed by atoms with Gasteiger partial charge in [0, 0.05) is 30.8 Å². The fourth-order valence-electron chi connectivity index (χ4n) is 3.33. The fourth-order valence-corrected chi connectivity index (χ4v) is 3.33. The van der Waals surface area contributed by atoms with E-state index in [1.54, 1.807) is 23.1 Å². The van der Waals surface area contributed by atoms with Crippen molar-refractivity contribution in [3.05, 3.63) is 29.8 Å². The van der Waals surface area contributed by atoms with Crippen molar-refractivity contribution in [2.24, 2.45) is 0 Å². The third-order valence-corrected chi connectivity index (χ3v) is 4.53. The monoisotopic (exact) mass is 316 g/mol. The topological polar surface area (TPSA) is 77.9 Å². The molecule has 1 aromatic carbocycles. The molecule has 1 aromatic rings. The number of carbonyl (C=O) groups excluding carboxylic acids is 2. The van der Waals surface area contributed by atoms with Crippen LogP contribution in [0.5, 0.6) is 0 Å².